The molecule has 2 heteroatoms. The van der Waals surface area contributed by atoms with Crippen LogP contribution in [-0.4, -0.2) is 13.1 Å². The molecule has 1 aliphatic rings. The normalized spacial score (nSPS) is 21.9. The van der Waals surface area contributed by atoms with Crippen LogP contribution < -0.4 is 11.5 Å². The van der Waals surface area contributed by atoms with Crippen LogP contribution in [-0.2, 0) is 0 Å². The number of hydrogen-bond acceptors (Lipinski definition) is 2. The minimum absolute atomic E-state index is 0.216. The minimum Gasteiger partial charge on any atom is -0.330 e. The highest BCUT2D eigenvalue weighted by Crippen LogP contribution is 2.62. The first-order chi connectivity index (χ1) is 6.33. The lowest BCUT2D eigenvalue weighted by atomic mass is 9.44. The summed E-state index contributed by atoms with van der Waals surface area (Å²) in [5, 5.41) is 0. The molecule has 0 amide bonds. The molecule has 1 aliphatic carbocycles. The van der Waals surface area contributed by atoms with Crippen molar-refractivity contribution in [3.63, 3.8) is 0 Å². The van der Waals surface area contributed by atoms with Gasteiger partial charge in [0.25, 0.3) is 0 Å². The summed E-state index contributed by atoms with van der Waals surface area (Å²) in [4.78, 5) is 0. The lowest BCUT2D eigenvalue weighted by Crippen LogP contribution is -2.58. The Bertz CT molecular complexity index is 184. The van der Waals surface area contributed by atoms with E-state index in [0.717, 1.165) is 13.1 Å². The Hall–Kier alpha value is -0.0800. The molecule has 0 aliphatic heterocycles. The Kier molecular flexibility index (Phi) is 2.99. The second-order valence-corrected chi connectivity index (χ2v) is 6.11. The molecule has 0 aromatic heterocycles. The standard InChI is InChI=1S/C12H26N2/c1-10(2,8-13)12(6-5-7-12)11(3,4)9-14/h5-9,13-14H2,1-4H3. The third-order valence-electron chi connectivity index (χ3n) is 4.82. The summed E-state index contributed by atoms with van der Waals surface area (Å²) in [6.45, 7) is 10.7. The van der Waals surface area contributed by atoms with E-state index >= 15 is 0 Å². The second-order valence-electron chi connectivity index (χ2n) is 6.11. The van der Waals surface area contributed by atoms with E-state index in [2.05, 4.69) is 27.7 Å². The molecular weight excluding hydrogens is 172 g/mol. The van der Waals surface area contributed by atoms with E-state index in [0.29, 0.717) is 5.41 Å². The van der Waals surface area contributed by atoms with Gasteiger partial charge in [0.15, 0.2) is 0 Å². The Morgan fingerprint density at radius 2 is 1.29 bits per heavy atom. The third-order valence-corrected chi connectivity index (χ3v) is 4.82. The van der Waals surface area contributed by atoms with E-state index in [1.807, 2.05) is 0 Å². The predicted octanol–water partition coefficient (Wildman–Crippen LogP) is 2.13. The summed E-state index contributed by atoms with van der Waals surface area (Å²) in [6, 6.07) is 0. The maximum Gasteiger partial charge on any atom is -0.00203 e. The van der Waals surface area contributed by atoms with Gasteiger partial charge in [0.05, 0.1) is 0 Å². The maximum atomic E-state index is 5.91. The van der Waals surface area contributed by atoms with Gasteiger partial charge in [0, 0.05) is 0 Å². The quantitative estimate of drug-likeness (QED) is 0.727. The highest BCUT2D eigenvalue weighted by Gasteiger charge is 2.56. The first kappa shape index (κ1) is 12.0. The van der Waals surface area contributed by atoms with Crippen molar-refractivity contribution in [3.05, 3.63) is 0 Å². The zero-order valence-electron chi connectivity index (χ0n) is 10.2. The van der Waals surface area contributed by atoms with Crippen LogP contribution in [0.5, 0.6) is 0 Å². The highest BCUT2D eigenvalue weighted by atomic mass is 14.7. The molecule has 0 atom stereocenters. The van der Waals surface area contributed by atoms with Crippen LogP contribution in [0.3, 0.4) is 0 Å². The fourth-order valence-corrected chi connectivity index (χ4v) is 3.19. The molecule has 0 bridgehead atoms. The Labute approximate surface area is 88.4 Å². The number of rotatable bonds is 4. The summed E-state index contributed by atoms with van der Waals surface area (Å²) in [5.74, 6) is 0. The van der Waals surface area contributed by atoms with Gasteiger partial charge in [0.1, 0.15) is 0 Å². The molecule has 1 saturated carbocycles. The van der Waals surface area contributed by atoms with Crippen molar-refractivity contribution < 1.29 is 0 Å². The van der Waals surface area contributed by atoms with E-state index in [1.54, 1.807) is 0 Å². The maximum absolute atomic E-state index is 5.91. The molecule has 0 heterocycles. The molecule has 14 heavy (non-hydrogen) atoms. The summed E-state index contributed by atoms with van der Waals surface area (Å²) in [7, 11) is 0. The van der Waals surface area contributed by atoms with Crippen LogP contribution in [0.15, 0.2) is 0 Å². The molecule has 0 saturated heterocycles. The summed E-state index contributed by atoms with van der Waals surface area (Å²) in [5.41, 5.74) is 12.6. The monoisotopic (exact) mass is 198 g/mol. The van der Waals surface area contributed by atoms with Gasteiger partial charge < -0.3 is 11.5 Å². The number of nitrogens with two attached hydrogens (primary N) is 2. The van der Waals surface area contributed by atoms with Gasteiger partial charge in [-0.05, 0) is 42.2 Å². The van der Waals surface area contributed by atoms with Crippen LogP contribution in [0.4, 0.5) is 0 Å². The van der Waals surface area contributed by atoms with Crippen LogP contribution in [0.1, 0.15) is 47.0 Å². The summed E-state index contributed by atoms with van der Waals surface area (Å²) < 4.78 is 0. The molecule has 0 unspecified atom stereocenters. The van der Waals surface area contributed by atoms with E-state index in [4.69, 9.17) is 11.5 Å². The van der Waals surface area contributed by atoms with Gasteiger partial charge in [0.2, 0.25) is 0 Å². The average Bonchev–Trinajstić information content (AvgIpc) is 2.01. The largest absolute Gasteiger partial charge is 0.330 e. The first-order valence-electron chi connectivity index (χ1n) is 5.73. The fourth-order valence-electron chi connectivity index (χ4n) is 3.19. The molecular formula is C12H26N2. The molecule has 1 rings (SSSR count). The van der Waals surface area contributed by atoms with E-state index in [1.165, 1.54) is 19.3 Å². The number of hydrogen-bond donors (Lipinski definition) is 2. The van der Waals surface area contributed by atoms with Crippen molar-refractivity contribution in [2.24, 2.45) is 27.7 Å². The topological polar surface area (TPSA) is 52.0 Å². The van der Waals surface area contributed by atoms with Crippen molar-refractivity contribution in [1.82, 2.24) is 0 Å². The lowest BCUT2D eigenvalue weighted by molar-refractivity contribution is -0.109. The molecule has 0 aromatic carbocycles. The van der Waals surface area contributed by atoms with Crippen molar-refractivity contribution in [3.8, 4) is 0 Å². The van der Waals surface area contributed by atoms with Gasteiger partial charge in [-0.1, -0.05) is 34.1 Å². The molecule has 84 valence electrons. The van der Waals surface area contributed by atoms with E-state index < -0.39 is 0 Å². The van der Waals surface area contributed by atoms with Gasteiger partial charge in [-0.3, -0.25) is 0 Å². The predicted molar refractivity (Wildman–Crippen MR) is 62.0 cm³/mol. The zero-order valence-corrected chi connectivity index (χ0v) is 10.2. The molecule has 0 spiro atoms. The Balaban J connectivity index is 2.98. The average molecular weight is 198 g/mol. The summed E-state index contributed by atoms with van der Waals surface area (Å²) in [6.07, 6.45) is 3.93. The van der Waals surface area contributed by atoms with Crippen molar-refractivity contribution in [2.75, 3.05) is 13.1 Å². The van der Waals surface area contributed by atoms with Crippen LogP contribution in [0.25, 0.3) is 0 Å². The van der Waals surface area contributed by atoms with Gasteiger partial charge in [-0.25, -0.2) is 0 Å². The third kappa shape index (κ3) is 1.40. The molecule has 2 nitrogen and oxygen atoms in total. The van der Waals surface area contributed by atoms with Crippen LogP contribution in [0.2, 0.25) is 0 Å². The van der Waals surface area contributed by atoms with Crippen LogP contribution >= 0.6 is 0 Å². The van der Waals surface area contributed by atoms with Crippen molar-refractivity contribution in [2.45, 2.75) is 47.0 Å². The smallest absolute Gasteiger partial charge is 0.00203 e. The highest BCUT2D eigenvalue weighted by molar-refractivity contribution is 5.07. The lowest BCUT2D eigenvalue weighted by Gasteiger charge is -2.61. The molecule has 0 radical (unpaired) electrons. The second kappa shape index (κ2) is 3.49. The molecule has 4 N–H and O–H groups in total. The first-order valence-corrected chi connectivity index (χ1v) is 5.73. The van der Waals surface area contributed by atoms with Crippen molar-refractivity contribution in [1.29, 1.82) is 0 Å². The molecule has 1 fully saturated rings. The van der Waals surface area contributed by atoms with E-state index in [9.17, 15) is 0 Å². The van der Waals surface area contributed by atoms with Gasteiger partial charge in [-0.2, -0.15) is 0 Å². The van der Waals surface area contributed by atoms with Crippen molar-refractivity contribution >= 4 is 0 Å². The molecule has 0 aromatic rings. The Morgan fingerprint density at radius 1 is 0.929 bits per heavy atom. The minimum atomic E-state index is 0.216. The fraction of sp³-hybridized carbons (Fsp3) is 1.00. The van der Waals surface area contributed by atoms with Gasteiger partial charge >= 0.3 is 0 Å². The van der Waals surface area contributed by atoms with Crippen LogP contribution in [0, 0.1) is 16.2 Å². The Morgan fingerprint density at radius 3 is 1.43 bits per heavy atom. The summed E-state index contributed by atoms with van der Waals surface area (Å²) >= 11 is 0. The SMILES string of the molecule is CC(C)(CN)C1(C(C)(C)CN)CCC1. The van der Waals surface area contributed by atoms with E-state index in [-0.39, 0.29) is 10.8 Å². The zero-order chi connectivity index (χ0) is 11.0. The van der Waals surface area contributed by atoms with Gasteiger partial charge in [-0.15, -0.1) is 0 Å².